The van der Waals surface area contributed by atoms with Gasteiger partial charge in [0.15, 0.2) is 5.78 Å². The molecule has 0 saturated carbocycles. The van der Waals surface area contributed by atoms with Crippen molar-refractivity contribution >= 4 is 35.2 Å². The van der Waals surface area contributed by atoms with E-state index in [2.05, 4.69) is 44.8 Å². The standard InChI is InChI=1S/C41H64N4O6S/c1-9-19-51-26-45(41(50)34(29(6)10-2)23-38(48)36-13-11-12-18-44(36)8)37(27(3)4)21-30(7)40-43-35(25-52-40)39(49)42-32(20-28(5)24-46)22-31-14-16-33(47)17-15-31/h14-17,24-25,27-30,32,34,36-37,47H,9-13,18-23,26H2,1-8H3,(H,42,49)/t28-,29?,30+,32+,34-,36+,37-/m0/s1. The monoisotopic (exact) mass is 740 g/mol. The molecule has 2 aromatic rings. The zero-order chi connectivity index (χ0) is 38.4. The second-order valence-electron chi connectivity index (χ2n) is 15.4. The van der Waals surface area contributed by atoms with Crippen molar-refractivity contribution in [2.24, 2.45) is 23.7 Å². The minimum Gasteiger partial charge on any atom is -0.508 e. The predicted octanol–water partition coefficient (Wildman–Crippen LogP) is 7.25. The SMILES string of the molecule is CCCOCN(C(=O)[C@@H](CC(=O)[C@H]1CCCCN1C)C(C)CC)[C@@H](C[C@@H](C)c1nc(C(=O)N[C@@H](Cc2ccc(O)cc2)C[C@H](C)C=O)cs1)C(C)C. The molecule has 1 aliphatic rings. The van der Waals surface area contributed by atoms with Gasteiger partial charge in [0.1, 0.15) is 24.5 Å². The van der Waals surface area contributed by atoms with Crippen molar-refractivity contribution < 1.29 is 29.0 Å². The molecule has 1 fully saturated rings. The van der Waals surface area contributed by atoms with Crippen LogP contribution in [0.15, 0.2) is 29.6 Å². The first kappa shape index (κ1) is 43.3. The lowest BCUT2D eigenvalue weighted by Crippen LogP contribution is -2.50. The molecule has 1 aliphatic heterocycles. The van der Waals surface area contributed by atoms with Crippen LogP contribution in [0.5, 0.6) is 5.75 Å². The summed E-state index contributed by atoms with van der Waals surface area (Å²) in [6.07, 6.45) is 7.34. The number of phenolic OH excluding ortho intramolecular Hbond substituents is 1. The molecule has 10 nitrogen and oxygen atoms in total. The topological polar surface area (TPSA) is 129 Å². The number of benzene rings is 1. The number of thiazole rings is 1. The summed E-state index contributed by atoms with van der Waals surface area (Å²) in [7, 11) is 2.01. The predicted molar refractivity (Wildman–Crippen MR) is 207 cm³/mol. The number of aromatic nitrogens is 1. The highest BCUT2D eigenvalue weighted by Crippen LogP contribution is 2.32. The van der Waals surface area contributed by atoms with E-state index in [4.69, 9.17) is 9.72 Å². The van der Waals surface area contributed by atoms with Crippen LogP contribution in [0, 0.1) is 23.7 Å². The zero-order valence-corrected chi connectivity index (χ0v) is 33.6. The highest BCUT2D eigenvalue weighted by molar-refractivity contribution is 7.09. The molecule has 2 amide bonds. The minimum atomic E-state index is -0.429. The van der Waals surface area contributed by atoms with Crippen LogP contribution in [0.4, 0.5) is 0 Å². The van der Waals surface area contributed by atoms with Crippen LogP contribution in [-0.4, -0.2) is 88.8 Å². The van der Waals surface area contributed by atoms with Gasteiger partial charge in [-0.1, -0.05) is 73.4 Å². The zero-order valence-electron chi connectivity index (χ0n) is 32.8. The summed E-state index contributed by atoms with van der Waals surface area (Å²) in [5.74, 6) is -0.566. The number of amides is 2. The Labute approximate surface area is 316 Å². The number of carbonyl (C=O) groups excluding carboxylic acids is 4. The Balaban J connectivity index is 1.80. The van der Waals surface area contributed by atoms with E-state index in [1.54, 1.807) is 17.5 Å². The number of hydrogen-bond acceptors (Lipinski definition) is 9. The Morgan fingerprint density at radius 2 is 1.81 bits per heavy atom. The molecule has 3 rings (SSSR count). The molecule has 290 valence electrons. The van der Waals surface area contributed by atoms with E-state index in [9.17, 15) is 24.3 Å². The maximum Gasteiger partial charge on any atom is 0.270 e. The molecule has 2 N–H and O–H groups in total. The van der Waals surface area contributed by atoms with Gasteiger partial charge in [0, 0.05) is 48.2 Å². The molecule has 0 bridgehead atoms. The number of likely N-dealkylation sites (N-methyl/N-ethyl adjacent to an activating group) is 1. The Kier molecular flexibility index (Phi) is 17.9. The lowest BCUT2D eigenvalue weighted by molar-refractivity contribution is -0.150. The van der Waals surface area contributed by atoms with Crippen molar-refractivity contribution in [3.8, 4) is 5.75 Å². The number of ketones is 1. The smallest absolute Gasteiger partial charge is 0.270 e. The van der Waals surface area contributed by atoms with Gasteiger partial charge in [0.25, 0.3) is 5.91 Å². The Morgan fingerprint density at radius 1 is 1.10 bits per heavy atom. The number of hydrogen-bond donors (Lipinski definition) is 2. The lowest BCUT2D eigenvalue weighted by Gasteiger charge is -2.39. The first-order valence-corrected chi connectivity index (χ1v) is 20.3. The number of aromatic hydroxyl groups is 1. The minimum absolute atomic E-state index is 0.0217. The maximum atomic E-state index is 14.6. The number of nitrogens with zero attached hydrogens (tertiary/aromatic N) is 3. The second kappa shape index (κ2) is 21.5. The van der Waals surface area contributed by atoms with Gasteiger partial charge in [-0.25, -0.2) is 4.98 Å². The third-order valence-corrected chi connectivity index (χ3v) is 11.7. The van der Waals surface area contributed by atoms with Gasteiger partial charge in [-0.15, -0.1) is 11.3 Å². The molecule has 0 aliphatic carbocycles. The summed E-state index contributed by atoms with van der Waals surface area (Å²) >= 11 is 1.43. The fraction of sp³-hybridized carbons (Fsp3) is 0.683. The first-order chi connectivity index (χ1) is 24.8. The second-order valence-corrected chi connectivity index (χ2v) is 16.3. The van der Waals surface area contributed by atoms with E-state index < -0.39 is 5.92 Å². The van der Waals surface area contributed by atoms with Gasteiger partial charge in [0.2, 0.25) is 5.91 Å². The number of carbonyl (C=O) groups is 4. The molecule has 1 aromatic carbocycles. The van der Waals surface area contributed by atoms with Crippen LogP contribution < -0.4 is 5.32 Å². The molecule has 0 spiro atoms. The largest absolute Gasteiger partial charge is 0.508 e. The highest BCUT2D eigenvalue weighted by atomic mass is 32.1. The fourth-order valence-corrected chi connectivity index (χ4v) is 8.08. The van der Waals surface area contributed by atoms with Gasteiger partial charge in [-0.05, 0) is 81.6 Å². The van der Waals surface area contributed by atoms with Crippen LogP contribution in [0.25, 0.3) is 0 Å². The van der Waals surface area contributed by atoms with Crippen molar-refractivity contribution in [1.29, 1.82) is 0 Å². The van der Waals surface area contributed by atoms with Crippen molar-refractivity contribution in [3.63, 3.8) is 0 Å². The van der Waals surface area contributed by atoms with Gasteiger partial charge in [-0.3, -0.25) is 19.3 Å². The van der Waals surface area contributed by atoms with Gasteiger partial charge in [-0.2, -0.15) is 0 Å². The average Bonchev–Trinajstić information content (AvgIpc) is 3.63. The number of nitrogens with one attached hydrogen (secondary N) is 1. The molecule has 2 heterocycles. The number of aldehydes is 1. The van der Waals surface area contributed by atoms with Gasteiger partial charge < -0.3 is 24.9 Å². The van der Waals surface area contributed by atoms with Gasteiger partial charge >= 0.3 is 0 Å². The van der Waals surface area contributed by atoms with E-state index >= 15 is 0 Å². The summed E-state index contributed by atoms with van der Waals surface area (Å²) in [4.78, 5) is 62.1. The summed E-state index contributed by atoms with van der Waals surface area (Å²) in [5, 5.41) is 15.4. The fourth-order valence-electron chi connectivity index (χ4n) is 7.21. The average molecular weight is 741 g/mol. The molecule has 11 heteroatoms. The van der Waals surface area contributed by atoms with E-state index in [0.29, 0.717) is 31.6 Å². The first-order valence-electron chi connectivity index (χ1n) is 19.4. The third-order valence-electron chi connectivity index (χ3n) is 10.7. The van der Waals surface area contributed by atoms with Crippen LogP contribution in [0.3, 0.4) is 0 Å². The number of piperidine rings is 1. The van der Waals surface area contributed by atoms with E-state index in [-0.39, 0.29) is 78.3 Å². The summed E-state index contributed by atoms with van der Waals surface area (Å²) in [6.45, 7) is 16.0. The summed E-state index contributed by atoms with van der Waals surface area (Å²) in [5.41, 5.74) is 1.27. The van der Waals surface area contributed by atoms with Crippen LogP contribution >= 0.6 is 11.3 Å². The van der Waals surface area contributed by atoms with Gasteiger partial charge in [0.05, 0.1) is 11.0 Å². The molecular formula is C41H64N4O6S. The highest BCUT2D eigenvalue weighted by Gasteiger charge is 2.38. The Hall–Kier alpha value is -3.15. The van der Waals surface area contributed by atoms with E-state index in [1.165, 1.54) is 11.3 Å². The molecular weight excluding hydrogens is 677 g/mol. The number of phenols is 1. The molecule has 0 radical (unpaired) electrons. The number of ether oxygens (including phenoxy) is 1. The van der Waals surface area contributed by atoms with E-state index in [1.807, 2.05) is 37.9 Å². The lowest BCUT2D eigenvalue weighted by atomic mass is 9.82. The molecule has 1 unspecified atom stereocenters. The van der Waals surface area contributed by atoms with Crippen molar-refractivity contribution in [2.75, 3.05) is 26.9 Å². The molecule has 52 heavy (non-hydrogen) atoms. The molecule has 1 saturated heterocycles. The third kappa shape index (κ3) is 12.8. The Morgan fingerprint density at radius 3 is 2.42 bits per heavy atom. The number of likely N-dealkylation sites (tertiary alicyclic amines) is 1. The van der Waals surface area contributed by atoms with Crippen molar-refractivity contribution in [1.82, 2.24) is 20.1 Å². The normalized spacial score (nSPS) is 18.6. The van der Waals surface area contributed by atoms with Crippen LogP contribution in [-0.2, 0) is 25.5 Å². The maximum absolute atomic E-state index is 14.6. The van der Waals surface area contributed by atoms with E-state index in [0.717, 1.165) is 55.5 Å². The van der Waals surface area contributed by atoms with Crippen LogP contribution in [0.1, 0.15) is 127 Å². The molecule has 1 aromatic heterocycles. The number of rotatable bonds is 22. The quantitative estimate of drug-likeness (QED) is 0.0734. The van der Waals surface area contributed by atoms with Crippen molar-refractivity contribution in [2.45, 2.75) is 130 Å². The van der Waals surface area contributed by atoms with Crippen LogP contribution in [0.2, 0.25) is 0 Å². The molecule has 7 atom stereocenters. The number of Topliss-reactive ketones (excluding diaryl/α,β-unsaturated/α-hetero) is 1. The summed E-state index contributed by atoms with van der Waals surface area (Å²) < 4.78 is 6.05. The van der Waals surface area contributed by atoms with Crippen molar-refractivity contribution in [3.05, 3.63) is 45.9 Å². The summed E-state index contributed by atoms with van der Waals surface area (Å²) in [6, 6.07) is 6.25. The Bertz CT molecular complexity index is 1410.